The van der Waals surface area contributed by atoms with Crippen LogP contribution >= 0.6 is 11.3 Å². The Morgan fingerprint density at radius 3 is 2.83 bits per heavy atom. The van der Waals surface area contributed by atoms with E-state index < -0.39 is 0 Å². The zero-order chi connectivity index (χ0) is 20.7. The fourth-order valence-corrected chi connectivity index (χ4v) is 4.94. The molecular formula is C22H20N6OS. The summed E-state index contributed by atoms with van der Waals surface area (Å²) in [5, 5.41) is 5.42. The van der Waals surface area contributed by atoms with Crippen LogP contribution in [0.15, 0.2) is 42.9 Å². The Hall–Kier alpha value is -3.23. The van der Waals surface area contributed by atoms with Gasteiger partial charge in [-0.15, -0.1) is 11.3 Å². The van der Waals surface area contributed by atoms with Gasteiger partial charge in [0.1, 0.15) is 24.5 Å². The van der Waals surface area contributed by atoms with Gasteiger partial charge in [0.2, 0.25) is 0 Å². The van der Waals surface area contributed by atoms with Crippen LogP contribution in [-0.4, -0.2) is 31.1 Å². The van der Waals surface area contributed by atoms with Crippen LogP contribution in [0.4, 0.5) is 11.5 Å². The van der Waals surface area contributed by atoms with E-state index in [1.165, 1.54) is 0 Å². The smallest absolute Gasteiger partial charge is 0.142 e. The number of thiazole rings is 1. The highest BCUT2D eigenvalue weighted by molar-refractivity contribution is 7.11. The number of nitrogens with zero attached hydrogens (tertiary/aromatic N) is 5. The Morgan fingerprint density at radius 1 is 1.17 bits per heavy atom. The number of carbonyl (C=O) groups excluding carboxylic acids is 1. The zero-order valence-electron chi connectivity index (χ0n) is 16.7. The second-order valence-electron chi connectivity index (χ2n) is 7.36. The summed E-state index contributed by atoms with van der Waals surface area (Å²) in [6.45, 7) is 5.12. The van der Waals surface area contributed by atoms with E-state index in [1.807, 2.05) is 38.1 Å². The third-order valence-electron chi connectivity index (χ3n) is 5.33. The number of fused-ring (bicyclic) bond motifs is 2. The minimum Gasteiger partial charge on any atom is -0.339 e. The van der Waals surface area contributed by atoms with E-state index in [-0.39, 0.29) is 6.04 Å². The maximum atomic E-state index is 12.0. The Kier molecular flexibility index (Phi) is 4.72. The van der Waals surface area contributed by atoms with E-state index in [4.69, 9.17) is 0 Å². The third kappa shape index (κ3) is 3.34. The first-order chi connectivity index (χ1) is 14.6. The molecule has 0 radical (unpaired) electrons. The lowest BCUT2D eigenvalue weighted by Gasteiger charge is -2.21. The van der Waals surface area contributed by atoms with E-state index in [2.05, 4.69) is 36.2 Å². The molecule has 0 bridgehead atoms. The molecule has 1 unspecified atom stereocenters. The number of nitrogens with one attached hydrogen (secondary N) is 1. The summed E-state index contributed by atoms with van der Waals surface area (Å²) in [7, 11) is 0. The number of carbonyl (C=O) groups is 1. The number of benzene rings is 1. The van der Waals surface area contributed by atoms with Gasteiger partial charge in [0.25, 0.3) is 0 Å². The van der Waals surface area contributed by atoms with Crippen LogP contribution in [0.2, 0.25) is 0 Å². The van der Waals surface area contributed by atoms with Gasteiger partial charge in [0.15, 0.2) is 0 Å². The second-order valence-corrected chi connectivity index (χ2v) is 8.59. The summed E-state index contributed by atoms with van der Waals surface area (Å²) >= 11 is 1.58. The molecule has 30 heavy (non-hydrogen) atoms. The Bertz CT molecular complexity index is 1250. The minimum atomic E-state index is -0.333. The van der Waals surface area contributed by atoms with Gasteiger partial charge in [0.05, 0.1) is 38.7 Å². The number of aromatic nitrogens is 4. The molecule has 0 saturated carbocycles. The molecule has 1 atom stereocenters. The lowest BCUT2D eigenvalue weighted by Crippen LogP contribution is -2.24. The SMILES string of the molecule is Cc1nc(C)c(C(C=O)N2Cc3ncnc(Nc4cnc5ccccc5c4)c3C2)s1. The number of aldehydes is 1. The largest absolute Gasteiger partial charge is 0.339 e. The average molecular weight is 417 g/mol. The second kappa shape index (κ2) is 7.55. The van der Waals surface area contributed by atoms with E-state index >= 15 is 0 Å². The van der Waals surface area contributed by atoms with Crippen molar-refractivity contribution >= 4 is 40.0 Å². The lowest BCUT2D eigenvalue weighted by molar-refractivity contribution is -0.112. The highest BCUT2D eigenvalue weighted by Gasteiger charge is 2.32. The Labute approximate surface area is 177 Å². The van der Waals surface area contributed by atoms with Crippen molar-refractivity contribution in [2.75, 3.05) is 5.32 Å². The molecule has 7 nitrogen and oxygen atoms in total. The van der Waals surface area contributed by atoms with Crippen LogP contribution in [0.5, 0.6) is 0 Å². The minimum absolute atomic E-state index is 0.333. The summed E-state index contributed by atoms with van der Waals surface area (Å²) in [6, 6.07) is 9.72. The van der Waals surface area contributed by atoms with Crippen molar-refractivity contribution in [1.82, 2.24) is 24.8 Å². The van der Waals surface area contributed by atoms with Crippen molar-refractivity contribution in [3.05, 3.63) is 69.7 Å². The summed E-state index contributed by atoms with van der Waals surface area (Å²) in [6.07, 6.45) is 4.37. The van der Waals surface area contributed by atoms with Gasteiger partial charge in [-0.1, -0.05) is 18.2 Å². The van der Waals surface area contributed by atoms with Crippen molar-refractivity contribution in [2.24, 2.45) is 0 Å². The Balaban J connectivity index is 1.43. The Morgan fingerprint density at radius 2 is 2.03 bits per heavy atom. The average Bonchev–Trinajstić information content (AvgIpc) is 3.32. The molecule has 4 heterocycles. The standard InChI is InChI=1S/C22H20N6OS/c1-13-21(30-14(2)26-13)20(11-29)28-9-17-19(10-28)24-12-25-22(17)27-16-7-15-5-3-4-6-18(15)23-8-16/h3-8,11-12,20H,9-10H2,1-2H3,(H,24,25,27). The van der Waals surface area contributed by atoms with Crippen LogP contribution in [-0.2, 0) is 17.9 Å². The number of pyridine rings is 1. The molecule has 1 aromatic carbocycles. The zero-order valence-corrected chi connectivity index (χ0v) is 17.5. The number of hydrogen-bond acceptors (Lipinski definition) is 8. The molecule has 150 valence electrons. The monoisotopic (exact) mass is 416 g/mol. The molecule has 1 N–H and O–H groups in total. The topological polar surface area (TPSA) is 83.9 Å². The highest BCUT2D eigenvalue weighted by Crippen LogP contribution is 2.36. The van der Waals surface area contributed by atoms with Crippen LogP contribution in [0, 0.1) is 13.8 Å². The highest BCUT2D eigenvalue weighted by atomic mass is 32.1. The van der Waals surface area contributed by atoms with Crippen molar-refractivity contribution in [1.29, 1.82) is 0 Å². The van der Waals surface area contributed by atoms with Crippen molar-refractivity contribution in [3.8, 4) is 0 Å². The van der Waals surface area contributed by atoms with Gasteiger partial charge in [-0.25, -0.2) is 15.0 Å². The first kappa shape index (κ1) is 18.8. The van der Waals surface area contributed by atoms with Gasteiger partial charge in [-0.2, -0.15) is 0 Å². The summed E-state index contributed by atoms with van der Waals surface area (Å²) < 4.78 is 0. The molecule has 5 rings (SSSR count). The van der Waals surface area contributed by atoms with E-state index in [0.717, 1.165) is 55.5 Å². The lowest BCUT2D eigenvalue weighted by atomic mass is 10.2. The van der Waals surface area contributed by atoms with Gasteiger partial charge in [0, 0.05) is 24.0 Å². The molecule has 1 aliphatic heterocycles. The number of anilines is 2. The van der Waals surface area contributed by atoms with Gasteiger partial charge in [-0.3, -0.25) is 9.88 Å². The van der Waals surface area contributed by atoms with Crippen molar-refractivity contribution < 1.29 is 4.79 Å². The molecule has 0 aliphatic carbocycles. The predicted molar refractivity (Wildman–Crippen MR) is 117 cm³/mol. The molecular weight excluding hydrogens is 396 g/mol. The fourth-order valence-electron chi connectivity index (χ4n) is 3.92. The van der Waals surface area contributed by atoms with Gasteiger partial charge < -0.3 is 10.1 Å². The van der Waals surface area contributed by atoms with Crippen molar-refractivity contribution in [2.45, 2.75) is 33.0 Å². The molecule has 0 saturated heterocycles. The summed E-state index contributed by atoms with van der Waals surface area (Å²) in [5.74, 6) is 0.751. The fraction of sp³-hybridized carbons (Fsp3) is 0.227. The van der Waals surface area contributed by atoms with Crippen LogP contribution in [0.25, 0.3) is 10.9 Å². The third-order valence-corrected chi connectivity index (χ3v) is 6.48. The molecule has 0 spiro atoms. The number of rotatable bonds is 5. The quantitative estimate of drug-likeness (QED) is 0.490. The van der Waals surface area contributed by atoms with Gasteiger partial charge in [-0.05, 0) is 26.0 Å². The number of aryl methyl sites for hydroxylation is 2. The van der Waals surface area contributed by atoms with E-state index in [1.54, 1.807) is 23.9 Å². The normalized spacial score (nSPS) is 14.6. The number of para-hydroxylation sites is 1. The van der Waals surface area contributed by atoms with Crippen LogP contribution in [0.1, 0.15) is 32.9 Å². The summed E-state index contributed by atoms with van der Waals surface area (Å²) in [5.41, 5.74) is 4.68. The summed E-state index contributed by atoms with van der Waals surface area (Å²) in [4.78, 5) is 33.0. The molecule has 4 aromatic rings. The molecule has 3 aromatic heterocycles. The van der Waals surface area contributed by atoms with Crippen molar-refractivity contribution in [3.63, 3.8) is 0 Å². The van der Waals surface area contributed by atoms with Crippen LogP contribution in [0.3, 0.4) is 0 Å². The maximum absolute atomic E-state index is 12.0. The van der Waals surface area contributed by atoms with Crippen LogP contribution < -0.4 is 5.32 Å². The first-order valence-corrected chi connectivity index (χ1v) is 10.5. The molecule has 1 aliphatic rings. The molecule has 0 amide bonds. The van der Waals surface area contributed by atoms with Gasteiger partial charge >= 0.3 is 0 Å². The maximum Gasteiger partial charge on any atom is 0.142 e. The molecule has 0 fully saturated rings. The number of hydrogen-bond donors (Lipinski definition) is 1. The predicted octanol–water partition coefficient (Wildman–Crippen LogP) is 4.10. The first-order valence-electron chi connectivity index (χ1n) is 9.70. The van der Waals surface area contributed by atoms with E-state index in [0.29, 0.717) is 13.1 Å². The van der Waals surface area contributed by atoms with E-state index in [9.17, 15) is 4.79 Å². The molecule has 8 heteroatoms.